The minimum Gasteiger partial charge on any atom is -0.497 e. The largest absolute Gasteiger partial charge is 0.497 e. The molecule has 1 spiro atoms. The maximum atomic E-state index is 15.0. The Morgan fingerprint density at radius 2 is 1.79 bits per heavy atom. The molecular weight excluding hydrogens is 822 g/mol. The highest BCUT2D eigenvalue weighted by atomic mass is 32.2. The van der Waals surface area contributed by atoms with Crippen molar-refractivity contribution in [2.24, 2.45) is 5.92 Å². The minimum atomic E-state index is -4.97. The zero-order valence-electron chi connectivity index (χ0n) is 35.5. The number of carbonyl (C=O) groups is 4. The summed E-state index contributed by atoms with van der Waals surface area (Å²) in [6.45, 7) is 6.16. The number of ether oxygens (including phenoxy) is 3. The number of nitrogens with zero attached hydrogens (tertiary/aromatic N) is 3. The standard InChI is InChI=1S/C42H55F3N6O9S/c1-38(2,3)60-37(55)47-28-14-12-10-8-9-11-13-24-20-41(24,36(54)49-61(56,57)39(4)17-18-39)48-34(52)30-22-40(23-51(30)35(28)53)21-29(50(5)6)31-26-19-25(58-7)15-16-27(26)46-33(32(31)59-40)42(43,44)45/h11,13,15-16,19,24,28-30H,8-10,12,14,17-18,20-23H2,1-7H3,(H,47,55)(H,48,52)(H,49,54). The van der Waals surface area contributed by atoms with Crippen molar-refractivity contribution >= 4 is 44.7 Å². The second kappa shape index (κ2) is 15.6. The van der Waals surface area contributed by atoms with Crippen molar-refractivity contribution in [1.29, 1.82) is 0 Å². The van der Waals surface area contributed by atoms with E-state index in [1.165, 1.54) is 31.1 Å². The van der Waals surface area contributed by atoms with Crippen LogP contribution in [0.3, 0.4) is 0 Å². The quantitative estimate of drug-likeness (QED) is 0.321. The van der Waals surface area contributed by atoms with Crippen LogP contribution in [0.25, 0.3) is 10.9 Å². The number of pyridine rings is 1. The number of fused-ring (bicyclic) bond motifs is 5. The first kappa shape index (κ1) is 44.4. The number of sulfonamides is 1. The second-order valence-corrected chi connectivity index (χ2v) is 20.9. The summed E-state index contributed by atoms with van der Waals surface area (Å²) >= 11 is 0. The lowest BCUT2D eigenvalue weighted by molar-refractivity contribution is -0.145. The highest BCUT2D eigenvalue weighted by Crippen LogP contribution is 2.54. The molecule has 6 unspecified atom stereocenters. The normalized spacial score (nSPS) is 29.0. The Bertz CT molecular complexity index is 2260. The number of rotatable bonds is 6. The Morgan fingerprint density at radius 1 is 1.07 bits per heavy atom. The monoisotopic (exact) mass is 876 g/mol. The van der Waals surface area contributed by atoms with Gasteiger partial charge in [-0.2, -0.15) is 13.2 Å². The van der Waals surface area contributed by atoms with E-state index < -0.39 is 97.0 Å². The predicted octanol–water partition coefficient (Wildman–Crippen LogP) is 5.27. The number of benzene rings is 1. The number of carbonyl (C=O) groups excluding carboxylic acids is 4. The molecule has 5 aliphatic rings. The van der Waals surface area contributed by atoms with Crippen LogP contribution in [-0.4, -0.2) is 108 Å². The number of allylic oxidation sites excluding steroid dienone is 1. The summed E-state index contributed by atoms with van der Waals surface area (Å²) in [6, 6.07) is 1.16. The Labute approximate surface area is 353 Å². The zero-order valence-corrected chi connectivity index (χ0v) is 36.3. The van der Waals surface area contributed by atoms with Crippen LogP contribution in [0.1, 0.15) is 109 Å². The number of hydrogen-bond acceptors (Lipinski definition) is 11. The van der Waals surface area contributed by atoms with Gasteiger partial charge in [0.05, 0.1) is 23.9 Å². The van der Waals surface area contributed by atoms with Gasteiger partial charge in [-0.25, -0.2) is 18.2 Å². The average Bonchev–Trinajstić information content (AvgIpc) is 4.06. The van der Waals surface area contributed by atoms with Gasteiger partial charge in [0, 0.05) is 35.8 Å². The molecule has 7 rings (SSSR count). The van der Waals surface area contributed by atoms with Crippen LogP contribution in [0.5, 0.6) is 11.5 Å². The minimum absolute atomic E-state index is 0.0200. The summed E-state index contributed by atoms with van der Waals surface area (Å²) in [6.07, 6.45) is 0.929. The fraction of sp³-hybridized carbons (Fsp3) is 0.643. The van der Waals surface area contributed by atoms with Gasteiger partial charge in [-0.05, 0) is 98.5 Å². The van der Waals surface area contributed by atoms with E-state index in [2.05, 4.69) is 20.3 Å². The molecule has 3 fully saturated rings. The van der Waals surface area contributed by atoms with Gasteiger partial charge in [0.25, 0.3) is 5.91 Å². The summed E-state index contributed by atoms with van der Waals surface area (Å²) in [5, 5.41) is 5.86. The van der Waals surface area contributed by atoms with Crippen molar-refractivity contribution in [3.8, 4) is 11.5 Å². The van der Waals surface area contributed by atoms with E-state index in [-0.39, 0.29) is 43.3 Å². The van der Waals surface area contributed by atoms with Crippen LogP contribution in [0.15, 0.2) is 30.4 Å². The Morgan fingerprint density at radius 3 is 2.43 bits per heavy atom. The molecule has 6 atom stereocenters. The maximum absolute atomic E-state index is 15.0. The van der Waals surface area contributed by atoms with Gasteiger partial charge in [-0.15, -0.1) is 0 Å². The molecule has 4 amide bonds. The molecule has 1 aromatic heterocycles. The molecule has 0 bridgehead atoms. The van der Waals surface area contributed by atoms with Gasteiger partial charge < -0.3 is 34.6 Å². The molecule has 4 heterocycles. The second-order valence-electron chi connectivity index (χ2n) is 18.7. The molecule has 2 saturated carbocycles. The Kier molecular flexibility index (Phi) is 11.4. The van der Waals surface area contributed by atoms with Gasteiger partial charge in [0.1, 0.15) is 34.6 Å². The molecule has 1 aromatic carbocycles. The number of methoxy groups -OCH3 is 1. The van der Waals surface area contributed by atoms with Crippen LogP contribution >= 0.6 is 0 Å². The average molecular weight is 877 g/mol. The van der Waals surface area contributed by atoms with Crippen LogP contribution in [-0.2, 0) is 35.3 Å². The summed E-state index contributed by atoms with van der Waals surface area (Å²) in [4.78, 5) is 64.0. The third kappa shape index (κ3) is 8.73. The number of amides is 4. The van der Waals surface area contributed by atoms with Crippen molar-refractivity contribution in [2.75, 3.05) is 27.7 Å². The first-order valence-corrected chi connectivity index (χ1v) is 22.2. The molecule has 3 N–H and O–H groups in total. The molecular formula is C42H55F3N6O9S. The van der Waals surface area contributed by atoms with E-state index >= 15 is 13.2 Å². The maximum Gasteiger partial charge on any atom is 0.437 e. The number of halogens is 3. The van der Waals surface area contributed by atoms with Gasteiger partial charge in [-0.3, -0.25) is 19.1 Å². The Hall–Kier alpha value is -4.65. The van der Waals surface area contributed by atoms with Gasteiger partial charge >= 0.3 is 12.3 Å². The van der Waals surface area contributed by atoms with Crippen molar-refractivity contribution in [1.82, 2.24) is 30.1 Å². The summed E-state index contributed by atoms with van der Waals surface area (Å²) in [5.74, 6) is -3.17. The number of nitrogens with one attached hydrogen (secondary N) is 3. The fourth-order valence-electron chi connectivity index (χ4n) is 8.81. The van der Waals surface area contributed by atoms with E-state index in [0.29, 0.717) is 49.7 Å². The van der Waals surface area contributed by atoms with Crippen molar-refractivity contribution in [2.45, 2.75) is 138 Å². The van der Waals surface area contributed by atoms with E-state index in [1.807, 2.05) is 6.08 Å². The van der Waals surface area contributed by atoms with Crippen molar-refractivity contribution in [3.05, 3.63) is 41.6 Å². The summed E-state index contributed by atoms with van der Waals surface area (Å²) in [5.41, 5.74) is -5.21. The molecule has 2 aliphatic carbocycles. The van der Waals surface area contributed by atoms with Gasteiger partial charge in [0.15, 0.2) is 11.4 Å². The van der Waals surface area contributed by atoms with Crippen molar-refractivity contribution in [3.63, 3.8) is 0 Å². The van der Waals surface area contributed by atoms with Gasteiger partial charge in [0.2, 0.25) is 21.8 Å². The smallest absolute Gasteiger partial charge is 0.437 e. The van der Waals surface area contributed by atoms with Crippen LogP contribution in [0.4, 0.5) is 18.0 Å². The molecule has 1 saturated heterocycles. The molecule has 19 heteroatoms. The molecule has 3 aliphatic heterocycles. The van der Waals surface area contributed by atoms with E-state index in [9.17, 15) is 27.6 Å². The first-order valence-electron chi connectivity index (χ1n) is 20.7. The predicted molar refractivity (Wildman–Crippen MR) is 217 cm³/mol. The van der Waals surface area contributed by atoms with E-state index in [1.54, 1.807) is 51.9 Å². The lowest BCUT2D eigenvalue weighted by Gasteiger charge is -2.43. The number of hydrogen-bond donors (Lipinski definition) is 3. The zero-order chi connectivity index (χ0) is 44.5. The number of alkyl halides is 3. The highest BCUT2D eigenvalue weighted by molar-refractivity contribution is 7.91. The lowest BCUT2D eigenvalue weighted by Crippen LogP contribution is -2.58. The topological polar surface area (TPSA) is 186 Å². The fourth-order valence-corrected chi connectivity index (χ4v) is 10.1. The van der Waals surface area contributed by atoms with Crippen LogP contribution in [0.2, 0.25) is 0 Å². The summed E-state index contributed by atoms with van der Waals surface area (Å²) in [7, 11) is 0.741. The first-order chi connectivity index (χ1) is 28.4. The molecule has 61 heavy (non-hydrogen) atoms. The number of alkyl carbamates (subject to hydrolysis) is 1. The van der Waals surface area contributed by atoms with Crippen LogP contribution < -0.4 is 24.8 Å². The third-order valence-electron chi connectivity index (χ3n) is 12.6. The SMILES string of the molecule is COc1ccc2nc(C(F)(F)F)c3c(c2c1)C(N(C)C)CC1(CC2C(=O)NC4(C(=O)NS(=O)(=O)C5(C)CC5)CC4C=CCCCCCC(NC(=O)OC(C)(C)C)C(=O)N2C1)O3. The third-order valence-corrected chi connectivity index (χ3v) is 14.8. The number of aromatic nitrogens is 1. The van der Waals surface area contributed by atoms with E-state index in [0.717, 1.165) is 0 Å². The van der Waals surface area contributed by atoms with E-state index in [4.69, 9.17) is 14.2 Å². The van der Waals surface area contributed by atoms with Crippen molar-refractivity contribution < 1.29 is 55.0 Å². The van der Waals surface area contributed by atoms with Crippen LogP contribution in [0, 0.1) is 5.92 Å². The van der Waals surface area contributed by atoms with Gasteiger partial charge in [-0.1, -0.05) is 25.0 Å². The lowest BCUT2D eigenvalue weighted by atomic mass is 9.83. The molecule has 2 aromatic rings. The molecule has 334 valence electrons. The molecule has 15 nitrogen and oxygen atoms in total. The highest BCUT2D eigenvalue weighted by Gasteiger charge is 2.64. The molecule has 0 radical (unpaired) electrons. The summed E-state index contributed by atoms with van der Waals surface area (Å²) < 4.78 is 90.2. The Balaban J connectivity index is 1.32.